The van der Waals surface area contributed by atoms with Crippen molar-refractivity contribution in [3.63, 3.8) is 0 Å². The quantitative estimate of drug-likeness (QED) is 0.878. The molecule has 0 fully saturated rings. The standard InChI is InChI=1S/C16H22N2O2/c1-4-18(11-16(2,3)20)15-13(10-19)9-12-7-5-6-8-14(12)17-15/h5-9,19-20H,4,10-11H2,1-3H3. The highest BCUT2D eigenvalue weighted by Crippen LogP contribution is 2.24. The zero-order valence-electron chi connectivity index (χ0n) is 12.3. The van der Waals surface area contributed by atoms with E-state index in [1.54, 1.807) is 13.8 Å². The Morgan fingerprint density at radius 1 is 1.25 bits per heavy atom. The average Bonchev–Trinajstić information content (AvgIpc) is 2.42. The third-order valence-corrected chi connectivity index (χ3v) is 3.21. The lowest BCUT2D eigenvalue weighted by atomic mass is 10.1. The zero-order chi connectivity index (χ0) is 14.8. The van der Waals surface area contributed by atoms with Crippen molar-refractivity contribution in [2.45, 2.75) is 33.0 Å². The number of para-hydroxylation sites is 1. The van der Waals surface area contributed by atoms with Crippen LogP contribution in [0.25, 0.3) is 10.9 Å². The number of fused-ring (bicyclic) bond motifs is 1. The summed E-state index contributed by atoms with van der Waals surface area (Å²) in [6, 6.07) is 9.81. The molecule has 0 saturated carbocycles. The van der Waals surface area contributed by atoms with Crippen molar-refractivity contribution >= 4 is 16.7 Å². The predicted octanol–water partition coefficient (Wildman–Crippen LogP) is 2.32. The number of pyridine rings is 1. The molecule has 0 radical (unpaired) electrons. The molecular weight excluding hydrogens is 252 g/mol. The van der Waals surface area contributed by atoms with E-state index in [1.165, 1.54) is 0 Å². The van der Waals surface area contributed by atoms with Crippen molar-refractivity contribution < 1.29 is 10.2 Å². The first-order valence-corrected chi connectivity index (χ1v) is 6.91. The summed E-state index contributed by atoms with van der Waals surface area (Å²) < 4.78 is 0. The second-order valence-corrected chi connectivity index (χ2v) is 5.65. The normalized spacial score (nSPS) is 11.8. The maximum Gasteiger partial charge on any atom is 0.134 e. The SMILES string of the molecule is CCN(CC(C)(C)O)c1nc2ccccc2cc1CO. The number of benzene rings is 1. The molecule has 0 amide bonds. The van der Waals surface area contributed by atoms with Crippen LogP contribution in [0.1, 0.15) is 26.3 Å². The van der Waals surface area contributed by atoms with Gasteiger partial charge in [0.25, 0.3) is 0 Å². The first-order chi connectivity index (χ1) is 9.44. The van der Waals surface area contributed by atoms with Gasteiger partial charge in [0.1, 0.15) is 5.82 Å². The Morgan fingerprint density at radius 2 is 1.95 bits per heavy atom. The van der Waals surface area contributed by atoms with Gasteiger partial charge in [-0.3, -0.25) is 0 Å². The third kappa shape index (κ3) is 3.26. The van der Waals surface area contributed by atoms with Crippen LogP contribution in [0.2, 0.25) is 0 Å². The smallest absolute Gasteiger partial charge is 0.134 e. The van der Waals surface area contributed by atoms with Crippen molar-refractivity contribution in [1.29, 1.82) is 0 Å². The lowest BCUT2D eigenvalue weighted by Gasteiger charge is -2.30. The van der Waals surface area contributed by atoms with Gasteiger partial charge in [-0.25, -0.2) is 4.98 Å². The molecule has 0 unspecified atom stereocenters. The second kappa shape index (κ2) is 5.77. The fraction of sp³-hybridized carbons (Fsp3) is 0.438. The molecule has 20 heavy (non-hydrogen) atoms. The van der Waals surface area contributed by atoms with Crippen LogP contribution in [0.3, 0.4) is 0 Å². The molecule has 2 N–H and O–H groups in total. The summed E-state index contributed by atoms with van der Waals surface area (Å²) >= 11 is 0. The highest BCUT2D eigenvalue weighted by Gasteiger charge is 2.20. The lowest BCUT2D eigenvalue weighted by molar-refractivity contribution is 0.0873. The van der Waals surface area contributed by atoms with E-state index in [0.717, 1.165) is 28.8 Å². The Balaban J connectivity index is 2.50. The van der Waals surface area contributed by atoms with Crippen molar-refractivity contribution in [3.8, 4) is 0 Å². The van der Waals surface area contributed by atoms with E-state index >= 15 is 0 Å². The summed E-state index contributed by atoms with van der Waals surface area (Å²) in [5.41, 5.74) is 0.875. The van der Waals surface area contributed by atoms with Gasteiger partial charge in [-0.1, -0.05) is 18.2 Å². The van der Waals surface area contributed by atoms with E-state index in [0.29, 0.717) is 6.54 Å². The van der Waals surface area contributed by atoms with Crippen LogP contribution in [0, 0.1) is 0 Å². The zero-order valence-corrected chi connectivity index (χ0v) is 12.3. The largest absolute Gasteiger partial charge is 0.392 e. The molecule has 2 rings (SSSR count). The van der Waals surface area contributed by atoms with Crippen molar-refractivity contribution in [2.75, 3.05) is 18.0 Å². The molecule has 1 heterocycles. The molecule has 4 heteroatoms. The average molecular weight is 274 g/mol. The number of aliphatic hydroxyl groups is 2. The second-order valence-electron chi connectivity index (χ2n) is 5.65. The summed E-state index contributed by atoms with van der Waals surface area (Å²) in [4.78, 5) is 6.65. The number of aliphatic hydroxyl groups excluding tert-OH is 1. The summed E-state index contributed by atoms with van der Waals surface area (Å²) in [7, 11) is 0. The molecular formula is C16H22N2O2. The van der Waals surface area contributed by atoms with E-state index < -0.39 is 5.60 Å². The first-order valence-electron chi connectivity index (χ1n) is 6.91. The number of aromatic nitrogens is 1. The molecule has 0 saturated heterocycles. The van der Waals surface area contributed by atoms with Gasteiger partial charge in [0, 0.05) is 24.0 Å². The number of nitrogens with zero attached hydrogens (tertiary/aromatic N) is 2. The monoisotopic (exact) mass is 274 g/mol. The number of hydrogen-bond donors (Lipinski definition) is 2. The molecule has 0 atom stereocenters. The van der Waals surface area contributed by atoms with Crippen LogP contribution >= 0.6 is 0 Å². The van der Waals surface area contributed by atoms with Crippen LogP contribution in [0.5, 0.6) is 0 Å². The fourth-order valence-corrected chi connectivity index (χ4v) is 2.34. The van der Waals surface area contributed by atoms with Gasteiger partial charge in [0.15, 0.2) is 0 Å². The predicted molar refractivity (Wildman–Crippen MR) is 81.9 cm³/mol. The minimum Gasteiger partial charge on any atom is -0.392 e. The maximum atomic E-state index is 10.0. The first kappa shape index (κ1) is 14.8. The van der Waals surface area contributed by atoms with E-state index in [1.807, 2.05) is 42.2 Å². The number of rotatable bonds is 5. The van der Waals surface area contributed by atoms with Gasteiger partial charge in [0.05, 0.1) is 17.7 Å². The lowest BCUT2D eigenvalue weighted by Crippen LogP contribution is -2.39. The van der Waals surface area contributed by atoms with E-state index in [4.69, 9.17) is 0 Å². The molecule has 4 nitrogen and oxygen atoms in total. The molecule has 2 aromatic rings. The Hall–Kier alpha value is -1.65. The molecule has 1 aromatic carbocycles. The van der Waals surface area contributed by atoms with E-state index in [-0.39, 0.29) is 6.61 Å². The molecule has 1 aromatic heterocycles. The summed E-state index contributed by atoms with van der Waals surface area (Å²) in [5.74, 6) is 0.746. The molecule has 0 aliphatic heterocycles. The van der Waals surface area contributed by atoms with Gasteiger partial charge in [-0.2, -0.15) is 0 Å². The van der Waals surface area contributed by atoms with Gasteiger partial charge < -0.3 is 15.1 Å². The van der Waals surface area contributed by atoms with Crippen LogP contribution < -0.4 is 4.90 Å². The highest BCUT2D eigenvalue weighted by atomic mass is 16.3. The minimum atomic E-state index is -0.809. The minimum absolute atomic E-state index is 0.0600. The number of anilines is 1. The van der Waals surface area contributed by atoms with Gasteiger partial charge >= 0.3 is 0 Å². The topological polar surface area (TPSA) is 56.6 Å². The summed E-state index contributed by atoms with van der Waals surface area (Å²) in [6.07, 6.45) is 0. The summed E-state index contributed by atoms with van der Waals surface area (Å²) in [6.45, 7) is 6.70. The number of likely N-dealkylation sites (N-methyl/N-ethyl adjacent to an activating group) is 1. The van der Waals surface area contributed by atoms with E-state index in [9.17, 15) is 10.2 Å². The maximum absolute atomic E-state index is 10.0. The Bertz CT molecular complexity index is 591. The van der Waals surface area contributed by atoms with Crippen molar-refractivity contribution in [2.24, 2.45) is 0 Å². The van der Waals surface area contributed by atoms with Crippen LogP contribution in [0.15, 0.2) is 30.3 Å². The highest BCUT2D eigenvalue weighted by molar-refractivity contribution is 5.81. The Morgan fingerprint density at radius 3 is 2.55 bits per heavy atom. The van der Waals surface area contributed by atoms with Crippen LogP contribution in [-0.2, 0) is 6.61 Å². The molecule has 0 spiro atoms. The fourth-order valence-electron chi connectivity index (χ4n) is 2.34. The Labute approximate surface area is 119 Å². The molecule has 0 bridgehead atoms. The van der Waals surface area contributed by atoms with Crippen molar-refractivity contribution in [1.82, 2.24) is 4.98 Å². The van der Waals surface area contributed by atoms with Crippen LogP contribution in [-0.4, -0.2) is 33.9 Å². The van der Waals surface area contributed by atoms with Gasteiger partial charge in [0.2, 0.25) is 0 Å². The molecule has 0 aliphatic carbocycles. The third-order valence-electron chi connectivity index (χ3n) is 3.21. The van der Waals surface area contributed by atoms with E-state index in [2.05, 4.69) is 4.98 Å². The van der Waals surface area contributed by atoms with Crippen molar-refractivity contribution in [3.05, 3.63) is 35.9 Å². The van der Waals surface area contributed by atoms with Gasteiger partial charge in [-0.05, 0) is 32.9 Å². The van der Waals surface area contributed by atoms with Crippen LogP contribution in [0.4, 0.5) is 5.82 Å². The molecule has 0 aliphatic rings. The summed E-state index contributed by atoms with van der Waals surface area (Å²) in [5, 5.41) is 20.6. The molecule has 108 valence electrons. The van der Waals surface area contributed by atoms with Gasteiger partial charge in [-0.15, -0.1) is 0 Å². The Kier molecular flexibility index (Phi) is 4.26. The number of hydrogen-bond acceptors (Lipinski definition) is 4.